The second kappa shape index (κ2) is 9.22. The van der Waals surface area contributed by atoms with Crippen molar-refractivity contribution >= 4 is 28.5 Å². The number of nitrogens with zero attached hydrogens (tertiary/aromatic N) is 4. The third-order valence-electron chi connectivity index (χ3n) is 4.80. The molecule has 148 valence electrons. The minimum atomic E-state index is 0.0923. The minimum Gasteiger partial charge on any atom is -0.336 e. The number of benzene rings is 2. The highest BCUT2D eigenvalue weighted by molar-refractivity contribution is 6.30. The van der Waals surface area contributed by atoms with Gasteiger partial charge in [-0.1, -0.05) is 42.8 Å². The number of carbonyl (C=O) groups excluding carboxylic acids is 1. The number of amides is 1. The van der Waals surface area contributed by atoms with Crippen molar-refractivity contribution in [2.45, 2.75) is 26.4 Å². The Labute approximate surface area is 171 Å². The molecule has 3 aromatic rings. The van der Waals surface area contributed by atoms with Gasteiger partial charge in [-0.25, -0.2) is 4.98 Å². The van der Waals surface area contributed by atoms with Crippen LogP contribution in [0.4, 0.5) is 0 Å². The number of hydrogen-bond acceptors (Lipinski definition) is 3. The summed E-state index contributed by atoms with van der Waals surface area (Å²) < 4.78 is 2.04. The average Bonchev–Trinajstić information content (AvgIpc) is 3.04. The Balaban J connectivity index is 1.83. The van der Waals surface area contributed by atoms with E-state index in [1.165, 1.54) is 0 Å². The summed E-state index contributed by atoms with van der Waals surface area (Å²) in [6.07, 6.45) is 0.789. The van der Waals surface area contributed by atoms with Crippen molar-refractivity contribution in [1.29, 1.82) is 0 Å². The van der Waals surface area contributed by atoms with E-state index in [9.17, 15) is 4.79 Å². The molecule has 1 aromatic heterocycles. The first kappa shape index (κ1) is 20.4. The van der Waals surface area contributed by atoms with E-state index in [1.807, 2.05) is 72.1 Å². The number of likely N-dealkylation sites (N-methyl/N-ethyl adjacent to an activating group) is 1. The van der Waals surface area contributed by atoms with Crippen molar-refractivity contribution < 1.29 is 4.79 Å². The number of para-hydroxylation sites is 2. The average molecular weight is 399 g/mol. The van der Waals surface area contributed by atoms with Gasteiger partial charge in [0.25, 0.3) is 0 Å². The number of carbonyl (C=O) groups is 1. The molecule has 1 amide bonds. The van der Waals surface area contributed by atoms with Gasteiger partial charge in [-0.3, -0.25) is 4.79 Å². The molecule has 5 nitrogen and oxygen atoms in total. The third kappa shape index (κ3) is 4.91. The molecule has 2 aromatic carbocycles. The van der Waals surface area contributed by atoms with Crippen molar-refractivity contribution in [2.75, 3.05) is 27.2 Å². The zero-order valence-corrected chi connectivity index (χ0v) is 17.5. The van der Waals surface area contributed by atoms with Gasteiger partial charge in [0.15, 0.2) is 0 Å². The molecule has 1 heterocycles. The minimum absolute atomic E-state index is 0.0923. The first-order valence-corrected chi connectivity index (χ1v) is 9.96. The molecular formula is C22H27ClN4O. The standard InChI is InChI=1S/C22H27ClN4O/c1-4-21-24-19-7-5-6-8-20(19)27(21)16-22(28)26(14-13-25(2)3)15-17-9-11-18(23)12-10-17/h5-12H,4,13-16H2,1-3H3. The van der Waals surface area contributed by atoms with Gasteiger partial charge in [0, 0.05) is 31.1 Å². The SMILES string of the molecule is CCc1nc2ccccc2n1CC(=O)N(CCN(C)C)Cc1ccc(Cl)cc1. The van der Waals surface area contributed by atoms with Gasteiger partial charge in [-0.15, -0.1) is 0 Å². The maximum Gasteiger partial charge on any atom is 0.242 e. The summed E-state index contributed by atoms with van der Waals surface area (Å²) in [5, 5.41) is 0.701. The molecule has 0 aliphatic rings. The van der Waals surface area contributed by atoms with Gasteiger partial charge in [-0.2, -0.15) is 0 Å². The quantitative estimate of drug-likeness (QED) is 0.578. The molecule has 0 unspecified atom stereocenters. The maximum atomic E-state index is 13.2. The summed E-state index contributed by atoms with van der Waals surface area (Å²) in [4.78, 5) is 21.9. The van der Waals surface area contributed by atoms with Crippen LogP contribution < -0.4 is 0 Å². The highest BCUT2D eigenvalue weighted by atomic mass is 35.5. The Hall–Kier alpha value is -2.37. The molecular weight excluding hydrogens is 372 g/mol. The van der Waals surface area contributed by atoms with E-state index in [0.29, 0.717) is 24.7 Å². The zero-order chi connectivity index (χ0) is 20.1. The lowest BCUT2D eigenvalue weighted by molar-refractivity contribution is -0.132. The Kier molecular flexibility index (Phi) is 6.70. The smallest absolute Gasteiger partial charge is 0.242 e. The van der Waals surface area contributed by atoms with E-state index in [-0.39, 0.29) is 5.91 Å². The van der Waals surface area contributed by atoms with Crippen LogP contribution in [0.25, 0.3) is 11.0 Å². The van der Waals surface area contributed by atoms with Crippen LogP contribution in [-0.2, 0) is 24.3 Å². The molecule has 0 N–H and O–H groups in total. The number of aryl methyl sites for hydroxylation is 1. The molecule has 0 fully saturated rings. The molecule has 6 heteroatoms. The Morgan fingerprint density at radius 3 is 2.46 bits per heavy atom. The lowest BCUT2D eigenvalue weighted by Crippen LogP contribution is -2.38. The number of hydrogen-bond donors (Lipinski definition) is 0. The fraction of sp³-hybridized carbons (Fsp3) is 0.364. The molecule has 0 radical (unpaired) electrons. The summed E-state index contributed by atoms with van der Waals surface area (Å²) in [5.74, 6) is 1.03. The maximum absolute atomic E-state index is 13.2. The summed E-state index contributed by atoms with van der Waals surface area (Å²) in [5.41, 5.74) is 3.01. The Morgan fingerprint density at radius 1 is 1.07 bits per heavy atom. The predicted molar refractivity (Wildman–Crippen MR) is 115 cm³/mol. The monoisotopic (exact) mass is 398 g/mol. The lowest BCUT2D eigenvalue weighted by Gasteiger charge is -2.25. The van der Waals surface area contributed by atoms with Crippen LogP contribution >= 0.6 is 11.6 Å². The second-order valence-corrected chi connectivity index (χ2v) is 7.64. The number of rotatable bonds is 8. The molecule has 0 saturated heterocycles. The van der Waals surface area contributed by atoms with Gasteiger partial charge in [0.05, 0.1) is 11.0 Å². The first-order chi connectivity index (χ1) is 13.5. The van der Waals surface area contributed by atoms with Crippen LogP contribution in [0.3, 0.4) is 0 Å². The summed E-state index contributed by atoms with van der Waals surface area (Å²) in [6.45, 7) is 4.41. The molecule has 0 atom stereocenters. The number of halogens is 1. The number of fused-ring (bicyclic) bond motifs is 1. The number of aromatic nitrogens is 2. The lowest BCUT2D eigenvalue weighted by atomic mass is 10.2. The van der Waals surface area contributed by atoms with Gasteiger partial charge in [0.1, 0.15) is 12.4 Å². The van der Waals surface area contributed by atoms with Gasteiger partial charge < -0.3 is 14.4 Å². The highest BCUT2D eigenvalue weighted by Gasteiger charge is 2.18. The summed E-state index contributed by atoms with van der Waals surface area (Å²) in [7, 11) is 4.03. The summed E-state index contributed by atoms with van der Waals surface area (Å²) in [6, 6.07) is 15.7. The molecule has 3 rings (SSSR count). The fourth-order valence-electron chi connectivity index (χ4n) is 3.23. The van der Waals surface area contributed by atoms with Crippen molar-refractivity contribution in [3.05, 3.63) is 64.9 Å². The summed E-state index contributed by atoms with van der Waals surface area (Å²) >= 11 is 6.00. The normalized spacial score (nSPS) is 11.3. The van der Waals surface area contributed by atoms with Crippen molar-refractivity contribution in [3.63, 3.8) is 0 Å². The molecule has 0 aliphatic heterocycles. The van der Waals surface area contributed by atoms with Crippen molar-refractivity contribution in [2.24, 2.45) is 0 Å². The van der Waals surface area contributed by atoms with Crippen LogP contribution in [0.5, 0.6) is 0 Å². The second-order valence-electron chi connectivity index (χ2n) is 7.20. The van der Waals surface area contributed by atoms with Gasteiger partial charge >= 0.3 is 0 Å². The van der Waals surface area contributed by atoms with Crippen LogP contribution in [0.2, 0.25) is 5.02 Å². The fourth-order valence-corrected chi connectivity index (χ4v) is 3.36. The molecule has 0 saturated carbocycles. The third-order valence-corrected chi connectivity index (χ3v) is 5.05. The predicted octanol–water partition coefficient (Wildman–Crippen LogP) is 3.84. The molecule has 0 bridgehead atoms. The van der Waals surface area contributed by atoms with Crippen LogP contribution in [-0.4, -0.2) is 52.4 Å². The molecule has 28 heavy (non-hydrogen) atoms. The van der Waals surface area contributed by atoms with E-state index >= 15 is 0 Å². The van der Waals surface area contributed by atoms with Gasteiger partial charge in [0.2, 0.25) is 5.91 Å². The Bertz CT molecular complexity index is 933. The highest BCUT2D eigenvalue weighted by Crippen LogP contribution is 2.18. The molecule has 0 aliphatic carbocycles. The van der Waals surface area contributed by atoms with E-state index in [4.69, 9.17) is 11.6 Å². The van der Waals surface area contributed by atoms with E-state index in [0.717, 1.165) is 35.4 Å². The topological polar surface area (TPSA) is 41.4 Å². The van der Waals surface area contributed by atoms with Crippen LogP contribution in [0.1, 0.15) is 18.3 Å². The van der Waals surface area contributed by atoms with Crippen LogP contribution in [0, 0.1) is 0 Å². The van der Waals surface area contributed by atoms with E-state index in [2.05, 4.69) is 16.8 Å². The van der Waals surface area contributed by atoms with Crippen molar-refractivity contribution in [3.8, 4) is 0 Å². The molecule has 0 spiro atoms. The van der Waals surface area contributed by atoms with E-state index in [1.54, 1.807) is 0 Å². The zero-order valence-electron chi connectivity index (χ0n) is 16.7. The van der Waals surface area contributed by atoms with Crippen LogP contribution in [0.15, 0.2) is 48.5 Å². The Morgan fingerprint density at radius 2 is 1.79 bits per heavy atom. The largest absolute Gasteiger partial charge is 0.336 e. The number of imidazole rings is 1. The first-order valence-electron chi connectivity index (χ1n) is 9.59. The van der Waals surface area contributed by atoms with Crippen molar-refractivity contribution in [1.82, 2.24) is 19.4 Å². The van der Waals surface area contributed by atoms with Gasteiger partial charge in [-0.05, 0) is 43.9 Å². The van der Waals surface area contributed by atoms with E-state index < -0.39 is 0 Å².